The van der Waals surface area contributed by atoms with Gasteiger partial charge in [0, 0.05) is 24.1 Å². The van der Waals surface area contributed by atoms with E-state index in [1.165, 1.54) is 36.3 Å². The van der Waals surface area contributed by atoms with Crippen LogP contribution in [-0.2, 0) is 10.2 Å². The normalized spacial score (nSPS) is 15.4. The molecule has 8 heteroatoms. The zero-order valence-electron chi connectivity index (χ0n) is 11.8. The van der Waals surface area contributed by atoms with Crippen molar-refractivity contribution in [2.75, 3.05) is 24.9 Å². The summed E-state index contributed by atoms with van der Waals surface area (Å²) >= 11 is 3.14. The molecule has 1 fully saturated rings. The van der Waals surface area contributed by atoms with Gasteiger partial charge >= 0.3 is 10.2 Å². The average Bonchev–Trinajstić information content (AvgIpc) is 3.23. The Morgan fingerprint density at radius 1 is 1.43 bits per heavy atom. The second-order valence-electron chi connectivity index (χ2n) is 5.11. The predicted octanol–water partition coefficient (Wildman–Crippen LogP) is 2.32. The summed E-state index contributed by atoms with van der Waals surface area (Å²) in [4.78, 5) is 0. The van der Waals surface area contributed by atoms with E-state index in [9.17, 15) is 12.8 Å². The first-order chi connectivity index (χ1) is 9.90. The largest absolute Gasteiger partial charge is 0.314 e. The lowest BCUT2D eigenvalue weighted by atomic mass is 10.3. The van der Waals surface area contributed by atoms with Crippen LogP contribution in [0.1, 0.15) is 19.3 Å². The first-order valence-corrected chi connectivity index (χ1v) is 9.05. The van der Waals surface area contributed by atoms with Crippen LogP contribution in [-0.4, -0.2) is 38.9 Å². The summed E-state index contributed by atoms with van der Waals surface area (Å²) in [6.45, 7) is 1.16. The van der Waals surface area contributed by atoms with Gasteiger partial charge < -0.3 is 5.32 Å². The van der Waals surface area contributed by atoms with Crippen molar-refractivity contribution in [2.24, 2.45) is 0 Å². The summed E-state index contributed by atoms with van der Waals surface area (Å²) in [7, 11) is -2.28. The smallest absolute Gasteiger partial charge is 0.301 e. The van der Waals surface area contributed by atoms with E-state index in [0.717, 1.165) is 6.54 Å². The fourth-order valence-electron chi connectivity index (χ4n) is 1.82. The minimum atomic E-state index is -3.76. The van der Waals surface area contributed by atoms with Crippen LogP contribution in [0.4, 0.5) is 10.1 Å². The predicted molar refractivity (Wildman–Crippen MR) is 84.9 cm³/mol. The number of nitrogens with one attached hydrogen (secondary N) is 2. The van der Waals surface area contributed by atoms with Crippen LogP contribution >= 0.6 is 15.9 Å². The van der Waals surface area contributed by atoms with Crippen LogP contribution in [0.25, 0.3) is 0 Å². The maximum Gasteiger partial charge on any atom is 0.301 e. The molecule has 0 atom stereocenters. The standard InChI is InChI=1S/C13H19BrFN3O2S/c1-18(9-3-8-16-10-6-7-10)21(19,20)17-13-11(14)4-2-5-12(13)15/h2,4-5,10,16-17H,3,6-9H2,1H3. The van der Waals surface area contributed by atoms with Crippen molar-refractivity contribution >= 4 is 31.8 Å². The maximum absolute atomic E-state index is 13.7. The van der Waals surface area contributed by atoms with Gasteiger partial charge in [-0.25, -0.2) is 4.39 Å². The topological polar surface area (TPSA) is 61.4 Å². The van der Waals surface area contributed by atoms with E-state index in [0.29, 0.717) is 23.5 Å². The molecular weight excluding hydrogens is 361 g/mol. The molecule has 0 aliphatic heterocycles. The second-order valence-corrected chi connectivity index (χ2v) is 7.74. The zero-order chi connectivity index (χ0) is 15.5. The van der Waals surface area contributed by atoms with Crippen LogP contribution < -0.4 is 10.0 Å². The van der Waals surface area contributed by atoms with Crippen molar-refractivity contribution in [1.29, 1.82) is 0 Å². The third-order valence-corrected chi connectivity index (χ3v) is 5.39. The highest BCUT2D eigenvalue weighted by Crippen LogP contribution is 2.26. The Kier molecular flexibility index (Phi) is 5.59. The Hall–Kier alpha value is -0.700. The van der Waals surface area contributed by atoms with E-state index in [4.69, 9.17) is 0 Å². The van der Waals surface area contributed by atoms with Gasteiger partial charge in [-0.3, -0.25) is 4.72 Å². The van der Waals surface area contributed by atoms with Crippen LogP contribution in [0.5, 0.6) is 0 Å². The summed E-state index contributed by atoms with van der Waals surface area (Å²) in [5.41, 5.74) is -0.0690. The molecular formula is C13H19BrFN3O2S. The maximum atomic E-state index is 13.7. The lowest BCUT2D eigenvalue weighted by Gasteiger charge is -2.19. The molecule has 2 N–H and O–H groups in total. The molecule has 0 aromatic heterocycles. The molecule has 0 heterocycles. The fraction of sp³-hybridized carbons (Fsp3) is 0.538. The molecule has 1 aliphatic carbocycles. The van der Waals surface area contributed by atoms with Gasteiger partial charge in [-0.2, -0.15) is 12.7 Å². The molecule has 0 spiro atoms. The number of nitrogens with zero attached hydrogens (tertiary/aromatic N) is 1. The Balaban J connectivity index is 1.90. The highest BCUT2D eigenvalue weighted by atomic mass is 79.9. The Morgan fingerprint density at radius 2 is 2.14 bits per heavy atom. The molecule has 0 unspecified atom stereocenters. The van der Waals surface area contributed by atoms with Gasteiger partial charge in [0.1, 0.15) is 5.82 Å². The molecule has 21 heavy (non-hydrogen) atoms. The van der Waals surface area contributed by atoms with Crippen LogP contribution in [0.3, 0.4) is 0 Å². The number of para-hydroxylation sites is 1. The van der Waals surface area contributed by atoms with Crippen molar-refractivity contribution in [3.63, 3.8) is 0 Å². The van der Waals surface area contributed by atoms with E-state index < -0.39 is 16.0 Å². The quantitative estimate of drug-likeness (QED) is 0.681. The molecule has 0 saturated heterocycles. The summed E-state index contributed by atoms with van der Waals surface area (Å²) in [6, 6.07) is 4.91. The molecule has 118 valence electrons. The fourth-order valence-corrected chi connectivity index (χ4v) is 3.38. The summed E-state index contributed by atoms with van der Waals surface area (Å²) in [5, 5.41) is 3.32. The third kappa shape index (κ3) is 4.91. The van der Waals surface area contributed by atoms with Gasteiger partial charge in [0.25, 0.3) is 0 Å². The number of hydrogen-bond acceptors (Lipinski definition) is 3. The van der Waals surface area contributed by atoms with Crippen LogP contribution in [0.15, 0.2) is 22.7 Å². The molecule has 0 bridgehead atoms. The number of rotatable bonds is 8. The highest BCUT2D eigenvalue weighted by molar-refractivity contribution is 9.10. The molecule has 0 amide bonds. The lowest BCUT2D eigenvalue weighted by molar-refractivity contribution is 0.457. The molecule has 1 aromatic carbocycles. The SMILES string of the molecule is CN(CCCNC1CC1)S(=O)(=O)Nc1c(F)cccc1Br. The van der Waals surface area contributed by atoms with Crippen LogP contribution in [0.2, 0.25) is 0 Å². The Labute approximate surface area is 133 Å². The number of hydrogen-bond donors (Lipinski definition) is 2. The Morgan fingerprint density at radius 3 is 2.76 bits per heavy atom. The number of halogens is 2. The van der Waals surface area contributed by atoms with E-state index in [1.54, 1.807) is 6.07 Å². The number of anilines is 1. The summed E-state index contributed by atoms with van der Waals surface area (Å²) < 4.78 is 41.8. The van der Waals surface area contributed by atoms with Gasteiger partial charge in [0.15, 0.2) is 0 Å². The van der Waals surface area contributed by atoms with Gasteiger partial charge in [0.05, 0.1) is 5.69 Å². The molecule has 1 aromatic rings. The number of benzene rings is 1. The molecule has 1 aliphatic rings. The molecule has 1 saturated carbocycles. The van der Waals surface area contributed by atoms with E-state index in [1.807, 2.05) is 0 Å². The van der Waals surface area contributed by atoms with E-state index >= 15 is 0 Å². The highest BCUT2D eigenvalue weighted by Gasteiger charge is 2.22. The van der Waals surface area contributed by atoms with Gasteiger partial charge in [-0.1, -0.05) is 6.07 Å². The molecule has 0 radical (unpaired) electrons. The minimum absolute atomic E-state index is 0.0690. The first kappa shape index (κ1) is 16.7. The summed E-state index contributed by atoms with van der Waals surface area (Å²) in [6.07, 6.45) is 3.13. The van der Waals surface area contributed by atoms with Crippen molar-refractivity contribution in [3.8, 4) is 0 Å². The monoisotopic (exact) mass is 379 g/mol. The summed E-state index contributed by atoms with van der Waals surface area (Å²) in [5.74, 6) is -0.614. The van der Waals surface area contributed by atoms with E-state index in [2.05, 4.69) is 26.0 Å². The zero-order valence-corrected chi connectivity index (χ0v) is 14.2. The van der Waals surface area contributed by atoms with Gasteiger partial charge in [-0.15, -0.1) is 0 Å². The second kappa shape index (κ2) is 7.04. The minimum Gasteiger partial charge on any atom is -0.314 e. The lowest BCUT2D eigenvalue weighted by Crippen LogP contribution is -2.35. The van der Waals surface area contributed by atoms with Gasteiger partial charge in [0.2, 0.25) is 0 Å². The molecule has 5 nitrogen and oxygen atoms in total. The third-order valence-electron chi connectivity index (χ3n) is 3.26. The van der Waals surface area contributed by atoms with Crippen molar-refractivity contribution in [2.45, 2.75) is 25.3 Å². The first-order valence-electron chi connectivity index (χ1n) is 6.81. The van der Waals surface area contributed by atoms with Crippen molar-refractivity contribution in [1.82, 2.24) is 9.62 Å². The van der Waals surface area contributed by atoms with Crippen molar-refractivity contribution < 1.29 is 12.8 Å². The van der Waals surface area contributed by atoms with Gasteiger partial charge in [-0.05, 0) is 53.9 Å². The van der Waals surface area contributed by atoms with Crippen LogP contribution in [0, 0.1) is 5.82 Å². The Bertz CT molecular complexity index is 573. The molecule has 2 rings (SSSR count). The van der Waals surface area contributed by atoms with E-state index in [-0.39, 0.29) is 5.69 Å². The van der Waals surface area contributed by atoms with Crippen molar-refractivity contribution in [3.05, 3.63) is 28.5 Å². The average molecular weight is 380 g/mol.